The van der Waals surface area contributed by atoms with Crippen LogP contribution in [-0.4, -0.2) is 72.2 Å². The zero-order chi connectivity index (χ0) is 21.7. The van der Waals surface area contributed by atoms with Gasteiger partial charge in [0, 0.05) is 46.0 Å². The van der Waals surface area contributed by atoms with Crippen molar-refractivity contribution in [1.29, 1.82) is 0 Å². The first kappa shape index (κ1) is 22.4. The van der Waals surface area contributed by atoms with E-state index in [0.29, 0.717) is 31.1 Å². The Kier molecular flexibility index (Phi) is 7.21. The molecule has 2 saturated heterocycles. The van der Waals surface area contributed by atoms with Gasteiger partial charge in [-0.25, -0.2) is 9.78 Å². The molecule has 0 N–H and O–H groups in total. The van der Waals surface area contributed by atoms with E-state index in [1.165, 1.54) is 6.42 Å². The molecule has 2 aliphatic rings. The molecule has 3 heterocycles. The molecule has 7 nitrogen and oxygen atoms in total. The van der Waals surface area contributed by atoms with Crippen molar-refractivity contribution in [2.45, 2.75) is 58.5 Å². The van der Waals surface area contributed by atoms with Gasteiger partial charge >= 0.3 is 6.09 Å². The highest BCUT2D eigenvalue weighted by molar-refractivity contribution is 5.99. The minimum Gasteiger partial charge on any atom is -0.444 e. The monoisotopic (exact) mass is 416 g/mol. The van der Waals surface area contributed by atoms with E-state index in [1.807, 2.05) is 37.8 Å². The Bertz CT molecular complexity index is 732. The molecule has 1 aromatic heterocycles. The van der Waals surface area contributed by atoms with Gasteiger partial charge in [-0.15, -0.1) is 0 Å². The number of aromatic nitrogens is 1. The van der Waals surface area contributed by atoms with E-state index in [1.54, 1.807) is 18.1 Å². The zero-order valence-electron chi connectivity index (χ0n) is 18.9. The van der Waals surface area contributed by atoms with Gasteiger partial charge in [0.25, 0.3) is 5.91 Å². The number of hydrogen-bond donors (Lipinski definition) is 0. The predicted molar refractivity (Wildman–Crippen MR) is 118 cm³/mol. The van der Waals surface area contributed by atoms with Crippen molar-refractivity contribution in [1.82, 2.24) is 14.8 Å². The third kappa shape index (κ3) is 5.86. The SMILES string of the molecule is CN(CC1CCN(C(=O)c2cccnc2N2CCCCC2)CC1)C(=O)OC(C)(C)C. The van der Waals surface area contributed by atoms with Crippen LogP contribution in [0.1, 0.15) is 63.2 Å². The number of anilines is 1. The second-order valence-electron chi connectivity index (χ2n) is 9.52. The van der Waals surface area contributed by atoms with Gasteiger partial charge in [-0.2, -0.15) is 0 Å². The van der Waals surface area contributed by atoms with Gasteiger partial charge in [0.15, 0.2) is 0 Å². The number of carbonyl (C=O) groups excluding carboxylic acids is 2. The lowest BCUT2D eigenvalue weighted by atomic mass is 9.96. The van der Waals surface area contributed by atoms with Crippen LogP contribution in [0.4, 0.5) is 10.6 Å². The molecule has 2 aliphatic heterocycles. The van der Waals surface area contributed by atoms with Crippen LogP contribution >= 0.6 is 0 Å². The Morgan fingerprint density at radius 3 is 2.43 bits per heavy atom. The van der Waals surface area contributed by atoms with Gasteiger partial charge in [0.1, 0.15) is 11.4 Å². The maximum atomic E-state index is 13.2. The predicted octanol–water partition coefficient (Wildman–Crippen LogP) is 3.79. The van der Waals surface area contributed by atoms with Crippen LogP contribution in [0.2, 0.25) is 0 Å². The number of hydrogen-bond acceptors (Lipinski definition) is 5. The number of pyridine rings is 1. The van der Waals surface area contributed by atoms with E-state index in [4.69, 9.17) is 4.74 Å². The van der Waals surface area contributed by atoms with E-state index in [-0.39, 0.29) is 12.0 Å². The minimum absolute atomic E-state index is 0.0719. The number of likely N-dealkylation sites (tertiary alicyclic amines) is 1. The Labute approximate surface area is 180 Å². The first-order valence-corrected chi connectivity index (χ1v) is 11.2. The molecule has 0 aromatic carbocycles. The highest BCUT2D eigenvalue weighted by atomic mass is 16.6. The number of carbonyl (C=O) groups is 2. The summed E-state index contributed by atoms with van der Waals surface area (Å²) in [7, 11) is 1.78. The molecule has 30 heavy (non-hydrogen) atoms. The Morgan fingerprint density at radius 1 is 1.13 bits per heavy atom. The molecule has 0 unspecified atom stereocenters. The van der Waals surface area contributed by atoms with Gasteiger partial charge in [0.05, 0.1) is 5.56 Å². The van der Waals surface area contributed by atoms with Crippen LogP contribution in [0, 0.1) is 5.92 Å². The van der Waals surface area contributed by atoms with E-state index < -0.39 is 5.60 Å². The lowest BCUT2D eigenvalue weighted by Crippen LogP contribution is -2.43. The second kappa shape index (κ2) is 9.67. The molecule has 2 amide bonds. The van der Waals surface area contributed by atoms with Gasteiger partial charge < -0.3 is 19.4 Å². The molecule has 0 radical (unpaired) electrons. The maximum absolute atomic E-state index is 13.2. The summed E-state index contributed by atoms with van der Waals surface area (Å²) in [6, 6.07) is 3.75. The largest absolute Gasteiger partial charge is 0.444 e. The lowest BCUT2D eigenvalue weighted by molar-refractivity contribution is 0.0246. The summed E-state index contributed by atoms with van der Waals surface area (Å²) in [4.78, 5) is 35.8. The second-order valence-corrected chi connectivity index (χ2v) is 9.52. The van der Waals surface area contributed by atoms with Crippen LogP contribution in [0.25, 0.3) is 0 Å². The van der Waals surface area contributed by atoms with Crippen LogP contribution in [-0.2, 0) is 4.74 Å². The van der Waals surface area contributed by atoms with Gasteiger partial charge in [-0.1, -0.05) is 0 Å². The highest BCUT2D eigenvalue weighted by Crippen LogP contribution is 2.26. The fourth-order valence-electron chi connectivity index (χ4n) is 4.21. The summed E-state index contributed by atoms with van der Waals surface area (Å²) in [5.74, 6) is 1.28. The normalized spacial score (nSPS) is 18.3. The summed E-state index contributed by atoms with van der Waals surface area (Å²) in [5, 5.41) is 0. The van der Waals surface area contributed by atoms with Crippen molar-refractivity contribution in [3.8, 4) is 0 Å². The number of ether oxygens (including phenoxy) is 1. The molecular formula is C23H36N4O3. The van der Waals surface area contributed by atoms with Crippen LogP contribution < -0.4 is 4.90 Å². The van der Waals surface area contributed by atoms with E-state index in [2.05, 4.69) is 9.88 Å². The summed E-state index contributed by atoms with van der Waals surface area (Å²) >= 11 is 0. The molecule has 0 aliphatic carbocycles. The Balaban J connectivity index is 1.55. The molecule has 0 saturated carbocycles. The smallest absolute Gasteiger partial charge is 0.410 e. The summed E-state index contributed by atoms with van der Waals surface area (Å²) in [6.45, 7) is 9.63. The first-order chi connectivity index (χ1) is 14.2. The van der Waals surface area contributed by atoms with Gasteiger partial charge in [-0.05, 0) is 70.9 Å². The van der Waals surface area contributed by atoms with Crippen LogP contribution in [0.3, 0.4) is 0 Å². The lowest BCUT2D eigenvalue weighted by Gasteiger charge is -2.35. The third-order valence-corrected chi connectivity index (χ3v) is 5.81. The summed E-state index contributed by atoms with van der Waals surface area (Å²) in [6.07, 6.45) is 6.82. The van der Waals surface area contributed by atoms with E-state index >= 15 is 0 Å². The average molecular weight is 417 g/mol. The molecule has 3 rings (SSSR count). The number of piperidine rings is 2. The molecule has 7 heteroatoms. The molecule has 1 aromatic rings. The topological polar surface area (TPSA) is 66.0 Å². The minimum atomic E-state index is -0.489. The number of amides is 2. The Morgan fingerprint density at radius 2 is 1.80 bits per heavy atom. The summed E-state index contributed by atoms with van der Waals surface area (Å²) < 4.78 is 5.44. The van der Waals surface area contributed by atoms with Crippen LogP contribution in [0.15, 0.2) is 18.3 Å². The average Bonchev–Trinajstić information content (AvgIpc) is 2.73. The van der Waals surface area contributed by atoms with Crippen molar-refractivity contribution in [3.63, 3.8) is 0 Å². The first-order valence-electron chi connectivity index (χ1n) is 11.2. The zero-order valence-corrected chi connectivity index (χ0v) is 18.9. The Hall–Kier alpha value is -2.31. The molecule has 0 spiro atoms. The summed E-state index contributed by atoms with van der Waals surface area (Å²) in [5.41, 5.74) is 0.223. The fraction of sp³-hybridized carbons (Fsp3) is 0.696. The van der Waals surface area contributed by atoms with Crippen molar-refractivity contribution >= 4 is 17.8 Å². The standard InChI is InChI=1S/C23H36N4O3/c1-23(2,3)30-22(29)25(4)17-18-10-15-27(16-11-18)21(28)19-9-8-12-24-20(19)26-13-6-5-7-14-26/h8-9,12,18H,5-7,10-11,13-17H2,1-4H3. The van der Waals surface area contributed by atoms with Gasteiger partial charge in [0.2, 0.25) is 0 Å². The van der Waals surface area contributed by atoms with Crippen molar-refractivity contribution in [2.24, 2.45) is 5.92 Å². The third-order valence-electron chi connectivity index (χ3n) is 5.81. The van der Waals surface area contributed by atoms with E-state index in [0.717, 1.165) is 44.6 Å². The molecule has 0 bridgehead atoms. The number of rotatable bonds is 4. The fourth-order valence-corrected chi connectivity index (χ4v) is 4.21. The van der Waals surface area contributed by atoms with Crippen molar-refractivity contribution < 1.29 is 14.3 Å². The highest BCUT2D eigenvalue weighted by Gasteiger charge is 2.29. The maximum Gasteiger partial charge on any atom is 0.410 e. The molecular weight excluding hydrogens is 380 g/mol. The van der Waals surface area contributed by atoms with Crippen molar-refractivity contribution in [3.05, 3.63) is 23.9 Å². The quantitative estimate of drug-likeness (QED) is 0.747. The van der Waals surface area contributed by atoms with Gasteiger partial charge in [-0.3, -0.25) is 4.79 Å². The molecule has 2 fully saturated rings. The van der Waals surface area contributed by atoms with Crippen LogP contribution in [0.5, 0.6) is 0 Å². The molecule has 0 atom stereocenters. The molecule has 166 valence electrons. The number of nitrogens with zero attached hydrogens (tertiary/aromatic N) is 4. The van der Waals surface area contributed by atoms with Crippen molar-refractivity contribution in [2.75, 3.05) is 44.7 Å². The van der Waals surface area contributed by atoms with E-state index in [9.17, 15) is 9.59 Å².